The van der Waals surface area contributed by atoms with E-state index in [1.165, 1.54) is 23.4 Å². The van der Waals surface area contributed by atoms with Crippen LogP contribution in [-0.2, 0) is 14.8 Å². The van der Waals surface area contributed by atoms with Crippen molar-refractivity contribution in [3.05, 3.63) is 29.8 Å². The van der Waals surface area contributed by atoms with Crippen molar-refractivity contribution in [2.45, 2.75) is 24.7 Å². The number of piperazine rings is 1. The van der Waals surface area contributed by atoms with Gasteiger partial charge in [0.25, 0.3) is 5.91 Å². The average molecular weight is 397 g/mol. The molecule has 1 aromatic rings. The SMILES string of the molecule is CC(=O)NCCCCNC(=O)c1cccc(S(=O)(=O)N2CCN(C)CC2)c1. The molecule has 0 atom stereocenters. The Kier molecular flexibility index (Phi) is 7.76. The first-order chi connectivity index (χ1) is 12.8. The number of carbonyl (C=O) groups excluding carboxylic acids is 2. The van der Waals surface area contributed by atoms with Crippen LogP contribution in [0.5, 0.6) is 0 Å². The molecule has 0 radical (unpaired) electrons. The monoisotopic (exact) mass is 396 g/mol. The van der Waals surface area contributed by atoms with Gasteiger partial charge in [-0.15, -0.1) is 0 Å². The molecule has 2 N–H and O–H groups in total. The number of benzene rings is 1. The first-order valence-corrected chi connectivity index (χ1v) is 10.6. The number of carbonyl (C=O) groups is 2. The van der Waals surface area contributed by atoms with Crippen LogP contribution in [0.15, 0.2) is 29.2 Å². The van der Waals surface area contributed by atoms with Gasteiger partial charge in [0.1, 0.15) is 0 Å². The zero-order valence-electron chi connectivity index (χ0n) is 15.9. The molecule has 8 nitrogen and oxygen atoms in total. The standard InChI is InChI=1S/C18H28N4O4S/c1-15(23)19-8-3-4-9-20-18(24)16-6-5-7-17(14-16)27(25,26)22-12-10-21(2)11-13-22/h5-7,14H,3-4,8-13H2,1-2H3,(H,19,23)(H,20,24). The van der Waals surface area contributed by atoms with Crippen LogP contribution >= 0.6 is 0 Å². The summed E-state index contributed by atoms with van der Waals surface area (Å²) in [6.07, 6.45) is 1.49. The van der Waals surface area contributed by atoms with Crippen molar-refractivity contribution in [1.82, 2.24) is 19.8 Å². The predicted molar refractivity (Wildman–Crippen MR) is 103 cm³/mol. The smallest absolute Gasteiger partial charge is 0.251 e. The minimum absolute atomic E-state index is 0.0718. The number of rotatable bonds is 8. The van der Waals surface area contributed by atoms with Crippen LogP contribution in [-0.4, -0.2) is 75.8 Å². The van der Waals surface area contributed by atoms with Crippen molar-refractivity contribution in [3.63, 3.8) is 0 Å². The summed E-state index contributed by atoms with van der Waals surface area (Å²) in [6, 6.07) is 6.16. The van der Waals surface area contributed by atoms with Crippen molar-refractivity contribution in [3.8, 4) is 0 Å². The Bertz CT molecular complexity index is 758. The largest absolute Gasteiger partial charge is 0.356 e. The Morgan fingerprint density at radius 1 is 1.04 bits per heavy atom. The number of likely N-dealkylation sites (N-methyl/N-ethyl adjacent to an activating group) is 1. The summed E-state index contributed by atoms with van der Waals surface area (Å²) >= 11 is 0. The van der Waals surface area contributed by atoms with E-state index in [-0.39, 0.29) is 16.7 Å². The van der Waals surface area contributed by atoms with Crippen LogP contribution < -0.4 is 10.6 Å². The summed E-state index contributed by atoms with van der Waals surface area (Å²) in [5, 5.41) is 5.48. The molecule has 1 fully saturated rings. The Hall–Kier alpha value is -1.97. The molecule has 27 heavy (non-hydrogen) atoms. The van der Waals surface area contributed by atoms with Crippen molar-refractivity contribution >= 4 is 21.8 Å². The second-order valence-corrected chi connectivity index (χ2v) is 8.62. The summed E-state index contributed by atoms with van der Waals surface area (Å²) in [5.41, 5.74) is 0.326. The molecule has 0 aliphatic carbocycles. The maximum absolute atomic E-state index is 12.8. The fraction of sp³-hybridized carbons (Fsp3) is 0.556. The third kappa shape index (κ3) is 6.30. The molecule has 9 heteroatoms. The highest BCUT2D eigenvalue weighted by atomic mass is 32.2. The van der Waals surface area contributed by atoms with E-state index in [0.717, 1.165) is 12.8 Å². The van der Waals surface area contributed by atoms with Gasteiger partial charge in [-0.25, -0.2) is 8.42 Å². The fourth-order valence-corrected chi connectivity index (χ4v) is 4.26. The lowest BCUT2D eigenvalue weighted by Gasteiger charge is -2.31. The molecule has 150 valence electrons. The lowest BCUT2D eigenvalue weighted by atomic mass is 10.2. The van der Waals surface area contributed by atoms with Gasteiger partial charge in [-0.05, 0) is 38.1 Å². The number of hydrogen-bond donors (Lipinski definition) is 2. The van der Waals surface area contributed by atoms with Crippen LogP contribution in [0.1, 0.15) is 30.1 Å². The number of hydrogen-bond acceptors (Lipinski definition) is 5. The summed E-state index contributed by atoms with van der Waals surface area (Å²) in [4.78, 5) is 25.3. The van der Waals surface area contributed by atoms with Crippen LogP contribution in [0, 0.1) is 0 Å². The van der Waals surface area contributed by atoms with Gasteiger partial charge in [-0.3, -0.25) is 9.59 Å². The van der Waals surface area contributed by atoms with Crippen molar-refractivity contribution in [1.29, 1.82) is 0 Å². The molecule has 0 saturated carbocycles. The lowest BCUT2D eigenvalue weighted by Crippen LogP contribution is -2.47. The quantitative estimate of drug-likeness (QED) is 0.615. The van der Waals surface area contributed by atoms with E-state index in [0.29, 0.717) is 44.8 Å². The normalized spacial score (nSPS) is 16.1. The summed E-state index contributed by atoms with van der Waals surface area (Å²) in [7, 11) is -1.63. The molecule has 1 aliphatic heterocycles. The van der Waals surface area contributed by atoms with Gasteiger partial charge in [-0.1, -0.05) is 6.07 Å². The Balaban J connectivity index is 1.92. The van der Waals surface area contributed by atoms with E-state index in [4.69, 9.17) is 0 Å². The van der Waals surface area contributed by atoms with Gasteiger partial charge >= 0.3 is 0 Å². The molecule has 0 bridgehead atoms. The van der Waals surface area contributed by atoms with Crippen LogP contribution in [0.3, 0.4) is 0 Å². The summed E-state index contributed by atoms with van der Waals surface area (Å²) in [6.45, 7) is 4.78. The van der Waals surface area contributed by atoms with Gasteiger partial charge in [0.05, 0.1) is 4.90 Å². The first kappa shape index (κ1) is 21.3. The van der Waals surface area contributed by atoms with Gasteiger partial charge in [0, 0.05) is 51.8 Å². The molecule has 0 spiro atoms. The molecule has 1 aromatic carbocycles. The zero-order chi connectivity index (χ0) is 19.9. The zero-order valence-corrected chi connectivity index (χ0v) is 16.7. The molecular formula is C18H28N4O4S. The minimum atomic E-state index is -3.60. The van der Waals surface area contributed by atoms with Crippen LogP contribution in [0.4, 0.5) is 0 Å². The molecular weight excluding hydrogens is 368 g/mol. The van der Waals surface area contributed by atoms with Crippen LogP contribution in [0.2, 0.25) is 0 Å². The summed E-state index contributed by atoms with van der Waals surface area (Å²) in [5.74, 6) is -0.373. The molecule has 2 rings (SSSR count). The molecule has 1 aliphatic rings. The van der Waals surface area contributed by atoms with E-state index >= 15 is 0 Å². The minimum Gasteiger partial charge on any atom is -0.356 e. The number of nitrogens with one attached hydrogen (secondary N) is 2. The molecule has 0 aromatic heterocycles. The Morgan fingerprint density at radius 2 is 1.67 bits per heavy atom. The van der Waals surface area contributed by atoms with E-state index in [9.17, 15) is 18.0 Å². The highest BCUT2D eigenvalue weighted by Crippen LogP contribution is 2.18. The van der Waals surface area contributed by atoms with Crippen molar-refractivity contribution < 1.29 is 18.0 Å². The number of nitrogens with zero attached hydrogens (tertiary/aromatic N) is 2. The Morgan fingerprint density at radius 3 is 2.30 bits per heavy atom. The van der Waals surface area contributed by atoms with Crippen molar-refractivity contribution in [2.24, 2.45) is 0 Å². The first-order valence-electron chi connectivity index (χ1n) is 9.12. The second-order valence-electron chi connectivity index (χ2n) is 6.68. The van der Waals surface area contributed by atoms with Gasteiger partial charge in [-0.2, -0.15) is 4.31 Å². The maximum Gasteiger partial charge on any atom is 0.251 e. The van der Waals surface area contributed by atoms with Gasteiger partial charge < -0.3 is 15.5 Å². The van der Waals surface area contributed by atoms with Gasteiger partial charge in [0.15, 0.2) is 0 Å². The molecule has 0 unspecified atom stereocenters. The van der Waals surface area contributed by atoms with Gasteiger partial charge in [0.2, 0.25) is 15.9 Å². The topological polar surface area (TPSA) is 98.8 Å². The predicted octanol–water partition coefficient (Wildman–Crippen LogP) is 0.269. The third-order valence-electron chi connectivity index (χ3n) is 4.46. The molecule has 1 saturated heterocycles. The van der Waals surface area contributed by atoms with E-state index in [2.05, 4.69) is 15.5 Å². The lowest BCUT2D eigenvalue weighted by molar-refractivity contribution is -0.118. The Labute approximate surface area is 161 Å². The number of amides is 2. The van der Waals surface area contributed by atoms with Crippen molar-refractivity contribution in [2.75, 3.05) is 46.3 Å². The molecule has 2 amide bonds. The summed E-state index contributed by atoms with van der Waals surface area (Å²) < 4.78 is 27.1. The van der Waals surface area contributed by atoms with E-state index < -0.39 is 10.0 Å². The highest BCUT2D eigenvalue weighted by molar-refractivity contribution is 7.89. The molecule has 1 heterocycles. The van der Waals surface area contributed by atoms with E-state index in [1.54, 1.807) is 12.1 Å². The number of unbranched alkanes of at least 4 members (excludes halogenated alkanes) is 1. The van der Waals surface area contributed by atoms with Crippen LogP contribution in [0.25, 0.3) is 0 Å². The fourth-order valence-electron chi connectivity index (χ4n) is 2.79. The maximum atomic E-state index is 12.8. The second kappa shape index (κ2) is 9.82. The van der Waals surface area contributed by atoms with E-state index in [1.807, 2.05) is 7.05 Å². The third-order valence-corrected chi connectivity index (χ3v) is 6.35. The number of sulfonamides is 1. The average Bonchev–Trinajstić information content (AvgIpc) is 2.64. The highest BCUT2D eigenvalue weighted by Gasteiger charge is 2.27.